The molecule has 9 rings (SSSR count). The van der Waals surface area contributed by atoms with E-state index in [0.29, 0.717) is 43.6 Å². The lowest BCUT2D eigenvalue weighted by Crippen LogP contribution is -2.60. The Balaban J connectivity index is 1.11. The summed E-state index contributed by atoms with van der Waals surface area (Å²) in [5, 5.41) is 14.9. The molecule has 0 saturated carbocycles. The summed E-state index contributed by atoms with van der Waals surface area (Å²) in [6.07, 6.45) is -2.12. The molecule has 0 amide bonds. The van der Waals surface area contributed by atoms with E-state index >= 15 is 8.78 Å². The molecule has 0 aliphatic carbocycles. The molecule has 5 aliphatic rings. The number of terminal acetylenes is 1. The lowest BCUT2D eigenvalue weighted by Gasteiger charge is -2.40. The Morgan fingerprint density at radius 1 is 1.04 bits per heavy atom. The van der Waals surface area contributed by atoms with Crippen LogP contribution in [0.2, 0.25) is 0 Å². The number of anilines is 1. The Morgan fingerprint density at radius 2 is 1.82 bits per heavy atom. The highest BCUT2D eigenvalue weighted by Gasteiger charge is 2.69. The molecule has 7 heterocycles. The number of alkyl halides is 6. The number of ether oxygens (including phenoxy) is 3. The second-order valence-corrected chi connectivity index (χ2v) is 15.7. The van der Waals surface area contributed by atoms with Crippen molar-refractivity contribution in [1.29, 1.82) is 0 Å². The number of aromatic hydroxyl groups is 1. The summed E-state index contributed by atoms with van der Waals surface area (Å²) in [5.41, 5.74) is -5.84. The maximum absolute atomic E-state index is 17.2. The molecule has 4 aromatic rings. The van der Waals surface area contributed by atoms with E-state index in [1.807, 2.05) is 9.80 Å². The number of piperazine rings is 1. The maximum Gasteiger partial charge on any atom is 0.426 e. The van der Waals surface area contributed by atoms with Crippen molar-refractivity contribution < 1.29 is 54.4 Å². The van der Waals surface area contributed by atoms with Crippen LogP contribution < -0.4 is 19.7 Å². The van der Waals surface area contributed by atoms with Gasteiger partial charge in [0, 0.05) is 35.6 Å². The van der Waals surface area contributed by atoms with Gasteiger partial charge in [0.2, 0.25) is 5.88 Å². The summed E-state index contributed by atoms with van der Waals surface area (Å²) in [4.78, 5) is 17.8. The van der Waals surface area contributed by atoms with Crippen molar-refractivity contribution in [2.24, 2.45) is 0 Å². The number of pyridine rings is 1. The first kappa shape index (κ1) is 37.8. The van der Waals surface area contributed by atoms with Gasteiger partial charge < -0.3 is 29.5 Å². The molecule has 302 valence electrons. The summed E-state index contributed by atoms with van der Waals surface area (Å²) in [7, 11) is 0. The van der Waals surface area contributed by atoms with Crippen LogP contribution in [0.3, 0.4) is 0 Å². The number of phenolic OH excluding ortho intramolecular Hbond substituents is 1. The number of benzene rings is 2. The Bertz CT molecular complexity index is 2320. The van der Waals surface area contributed by atoms with Crippen LogP contribution in [0.4, 0.5) is 40.9 Å². The average Bonchev–Trinajstić information content (AvgIpc) is 3.82. The summed E-state index contributed by atoms with van der Waals surface area (Å²) >= 11 is 0. The highest BCUT2D eigenvalue weighted by molar-refractivity contribution is 6.04. The van der Waals surface area contributed by atoms with Gasteiger partial charge in [-0.2, -0.15) is 36.3 Å². The molecule has 5 aliphatic heterocycles. The van der Waals surface area contributed by atoms with Crippen molar-refractivity contribution >= 4 is 27.5 Å². The molecular formula is C39H36F8N6O4. The second-order valence-electron chi connectivity index (χ2n) is 15.7. The smallest absolute Gasteiger partial charge is 0.426 e. The molecular weight excluding hydrogens is 768 g/mol. The molecule has 0 spiro atoms. The zero-order chi connectivity index (χ0) is 40.2. The predicted octanol–water partition coefficient (Wildman–Crippen LogP) is 6.79. The first-order valence-corrected chi connectivity index (χ1v) is 18.7. The molecule has 2 bridgehead atoms. The molecule has 0 unspecified atom stereocenters. The van der Waals surface area contributed by atoms with Gasteiger partial charge in [0.05, 0.1) is 23.8 Å². The predicted molar refractivity (Wildman–Crippen MR) is 190 cm³/mol. The number of hydrogen-bond donors (Lipinski definition) is 2. The van der Waals surface area contributed by atoms with Gasteiger partial charge in [-0.3, -0.25) is 4.90 Å². The van der Waals surface area contributed by atoms with E-state index in [1.165, 1.54) is 18.2 Å². The minimum absolute atomic E-state index is 0.00568. The molecule has 0 radical (unpaired) electrons. The fourth-order valence-corrected chi connectivity index (χ4v) is 9.49. The van der Waals surface area contributed by atoms with Gasteiger partial charge in [-0.15, -0.1) is 6.42 Å². The zero-order valence-corrected chi connectivity index (χ0v) is 30.4. The first-order chi connectivity index (χ1) is 27.0. The average molecular weight is 805 g/mol. The van der Waals surface area contributed by atoms with E-state index in [4.69, 9.17) is 20.9 Å². The van der Waals surface area contributed by atoms with E-state index in [0.717, 1.165) is 18.9 Å². The molecule has 2 aromatic carbocycles. The topological polar surface area (TPSA) is 105 Å². The molecule has 4 fully saturated rings. The SMILES string of the molecule is C#Cc1c(F)ccc2cc(O)cc(-c3nc4c5c(nc(OC[C@@]67CCCN6[C@H](COC(C)(C(F)(F)F)C(F)(F)F)CC7)nc5c3F)N3C[C@H]5CC[C@H](N5)[C@H]3CO4)c12. The fourth-order valence-electron chi connectivity index (χ4n) is 9.49. The number of fused-ring (bicyclic) bond motifs is 7. The quantitative estimate of drug-likeness (QED) is 0.153. The van der Waals surface area contributed by atoms with Crippen molar-refractivity contribution in [2.75, 3.05) is 37.8 Å². The third-order valence-corrected chi connectivity index (χ3v) is 12.5. The number of aromatic nitrogens is 3. The summed E-state index contributed by atoms with van der Waals surface area (Å²) in [6, 6.07) is 4.09. The number of halogens is 8. The van der Waals surface area contributed by atoms with Crippen LogP contribution in [-0.2, 0) is 4.74 Å². The lowest BCUT2D eigenvalue weighted by molar-refractivity contribution is -0.375. The lowest BCUT2D eigenvalue weighted by atomic mass is 9.95. The molecule has 2 N–H and O–H groups in total. The van der Waals surface area contributed by atoms with Crippen LogP contribution in [0.1, 0.15) is 51.0 Å². The van der Waals surface area contributed by atoms with E-state index in [9.17, 15) is 31.4 Å². The van der Waals surface area contributed by atoms with Crippen LogP contribution in [0.25, 0.3) is 32.9 Å². The number of phenols is 1. The van der Waals surface area contributed by atoms with Gasteiger partial charge in [0.15, 0.2) is 5.82 Å². The monoisotopic (exact) mass is 804 g/mol. The number of nitrogens with zero attached hydrogens (tertiary/aromatic N) is 5. The second kappa shape index (κ2) is 13.1. The standard InChI is InChI=1S/C39H36F8N6O4/c1-3-23-25(40)7-5-19-13-22(54)14-24(28(19)23)31-30(41)32-29-33(52-15-20-6-8-26(48-20)27(52)17-55-34(29)49-31)51-35(50-32)56-18-37-10-4-12-53(37)21(9-11-37)16-57-36(2,38(42,43)44)39(45,46)47/h1,5,7,13-14,20-21,26-27,48,54H,4,6,8-12,15-18H2,2H3/t20-,21+,26+,27-,37+/m1/s1. The summed E-state index contributed by atoms with van der Waals surface area (Å²) in [5.74, 6) is 0.713. The van der Waals surface area contributed by atoms with Crippen molar-refractivity contribution in [2.45, 2.75) is 93.1 Å². The Labute approximate surface area is 320 Å². The van der Waals surface area contributed by atoms with Gasteiger partial charge in [0.25, 0.3) is 5.60 Å². The third-order valence-electron chi connectivity index (χ3n) is 12.5. The van der Waals surface area contributed by atoms with Crippen molar-refractivity contribution in [1.82, 2.24) is 25.2 Å². The highest BCUT2D eigenvalue weighted by Crippen LogP contribution is 2.49. The normalized spacial score (nSPS) is 26.0. The van der Waals surface area contributed by atoms with Crippen LogP contribution in [0.15, 0.2) is 24.3 Å². The van der Waals surface area contributed by atoms with Gasteiger partial charge >= 0.3 is 18.4 Å². The Hall–Kier alpha value is -4.73. The minimum Gasteiger partial charge on any atom is -0.508 e. The third kappa shape index (κ3) is 5.90. The molecule has 10 nitrogen and oxygen atoms in total. The molecule has 4 saturated heterocycles. The van der Waals surface area contributed by atoms with Crippen molar-refractivity contribution in [3.63, 3.8) is 0 Å². The largest absolute Gasteiger partial charge is 0.508 e. The van der Waals surface area contributed by atoms with Crippen molar-refractivity contribution in [3.05, 3.63) is 41.5 Å². The Morgan fingerprint density at radius 3 is 2.58 bits per heavy atom. The molecule has 57 heavy (non-hydrogen) atoms. The van der Waals surface area contributed by atoms with Gasteiger partial charge in [-0.25, -0.2) is 13.8 Å². The first-order valence-electron chi connectivity index (χ1n) is 18.7. The number of rotatable bonds is 7. The zero-order valence-electron chi connectivity index (χ0n) is 30.4. The fraction of sp³-hybridized carbons (Fsp3) is 0.513. The highest BCUT2D eigenvalue weighted by atomic mass is 19.4. The molecule has 5 atom stereocenters. The number of hydrogen-bond acceptors (Lipinski definition) is 10. The van der Waals surface area contributed by atoms with E-state index < -0.39 is 47.8 Å². The summed E-state index contributed by atoms with van der Waals surface area (Å²) in [6.45, 7) is 0.149. The van der Waals surface area contributed by atoms with E-state index in [-0.39, 0.29) is 95.4 Å². The van der Waals surface area contributed by atoms with Gasteiger partial charge in [-0.1, -0.05) is 12.0 Å². The van der Waals surface area contributed by atoms with Gasteiger partial charge in [-0.05, 0) is 75.6 Å². The Kier molecular flexibility index (Phi) is 8.72. The van der Waals surface area contributed by atoms with E-state index in [2.05, 4.69) is 25.9 Å². The van der Waals surface area contributed by atoms with Crippen LogP contribution in [0, 0.1) is 24.0 Å². The van der Waals surface area contributed by atoms with Crippen LogP contribution >= 0.6 is 0 Å². The molecule has 18 heteroatoms. The minimum atomic E-state index is -5.69. The van der Waals surface area contributed by atoms with Crippen LogP contribution in [0.5, 0.6) is 17.6 Å². The van der Waals surface area contributed by atoms with E-state index in [1.54, 1.807) is 0 Å². The van der Waals surface area contributed by atoms with Crippen molar-refractivity contribution in [3.8, 4) is 41.2 Å². The van der Waals surface area contributed by atoms with Crippen LogP contribution in [-0.4, -0.2) is 106 Å². The summed E-state index contributed by atoms with van der Waals surface area (Å²) < 4.78 is 131. The maximum atomic E-state index is 17.2. The molecule has 2 aromatic heterocycles. The van der Waals surface area contributed by atoms with Gasteiger partial charge in [0.1, 0.15) is 47.2 Å². The number of nitrogens with one attached hydrogen (secondary N) is 1.